The van der Waals surface area contributed by atoms with Crippen LogP contribution in [0, 0.1) is 0 Å². The lowest BCUT2D eigenvalue weighted by atomic mass is 10.1. The zero-order valence-electron chi connectivity index (χ0n) is 12.7. The van der Waals surface area contributed by atoms with Crippen molar-refractivity contribution < 1.29 is 19.5 Å². The lowest BCUT2D eigenvalue weighted by Crippen LogP contribution is -2.41. The molecule has 0 aliphatic carbocycles. The van der Waals surface area contributed by atoms with Crippen LogP contribution in [-0.2, 0) is 9.59 Å². The predicted octanol–water partition coefficient (Wildman–Crippen LogP) is 0.324. The van der Waals surface area contributed by atoms with Gasteiger partial charge < -0.3 is 20.5 Å². The Morgan fingerprint density at radius 1 is 0.917 bits per heavy atom. The molecule has 0 bridgehead atoms. The second-order valence-electron chi connectivity index (χ2n) is 4.84. The zero-order chi connectivity index (χ0) is 17.4. The lowest BCUT2D eigenvalue weighted by molar-refractivity contribution is -0.303. The van der Waals surface area contributed by atoms with Crippen molar-refractivity contribution >= 4 is 23.9 Å². The SMILES string of the molecule is O=C([O-])CNC(=O)/C(=C\c1ccccc1)NC(=O)c1ccccc1. The minimum atomic E-state index is -1.42. The Hall–Kier alpha value is -3.41. The molecule has 2 rings (SSSR count). The van der Waals surface area contributed by atoms with Gasteiger partial charge in [0, 0.05) is 5.56 Å². The first kappa shape index (κ1) is 17.0. The Labute approximate surface area is 138 Å². The number of nitrogens with one attached hydrogen (secondary N) is 2. The summed E-state index contributed by atoms with van der Waals surface area (Å²) in [6.45, 7) is -0.647. The van der Waals surface area contributed by atoms with Crippen molar-refractivity contribution in [1.29, 1.82) is 0 Å². The number of rotatable bonds is 6. The van der Waals surface area contributed by atoms with Gasteiger partial charge in [0.2, 0.25) is 0 Å². The molecule has 0 spiro atoms. The van der Waals surface area contributed by atoms with Crippen molar-refractivity contribution in [1.82, 2.24) is 10.6 Å². The van der Waals surface area contributed by atoms with Crippen LogP contribution >= 0.6 is 0 Å². The third-order valence-corrected chi connectivity index (χ3v) is 3.03. The smallest absolute Gasteiger partial charge is 0.268 e. The Kier molecular flexibility index (Phi) is 5.85. The van der Waals surface area contributed by atoms with Gasteiger partial charge in [0.25, 0.3) is 11.8 Å². The van der Waals surface area contributed by atoms with E-state index in [-0.39, 0.29) is 5.70 Å². The Morgan fingerprint density at radius 2 is 1.50 bits per heavy atom. The first-order chi connectivity index (χ1) is 11.6. The largest absolute Gasteiger partial charge is 0.548 e. The fourth-order valence-electron chi connectivity index (χ4n) is 1.91. The summed E-state index contributed by atoms with van der Waals surface area (Å²) in [7, 11) is 0. The molecule has 0 fully saturated rings. The minimum absolute atomic E-state index is 0.0590. The normalized spacial score (nSPS) is 10.8. The standard InChI is InChI=1S/C18H16N2O4/c21-16(22)12-19-18(24)15(11-13-7-3-1-4-8-13)20-17(23)14-9-5-2-6-10-14/h1-11H,12H2,(H,19,24)(H,20,23)(H,21,22)/p-1/b15-11+. The fourth-order valence-corrected chi connectivity index (χ4v) is 1.91. The number of carboxylic acids is 1. The second-order valence-corrected chi connectivity index (χ2v) is 4.84. The van der Waals surface area contributed by atoms with Gasteiger partial charge in [-0.25, -0.2) is 0 Å². The molecule has 0 aromatic heterocycles. The lowest BCUT2D eigenvalue weighted by Gasteiger charge is -2.11. The third-order valence-electron chi connectivity index (χ3n) is 3.03. The molecule has 0 aliphatic heterocycles. The molecule has 6 heteroatoms. The average molecular weight is 323 g/mol. The summed E-state index contributed by atoms with van der Waals surface area (Å²) in [5.41, 5.74) is 1.00. The monoisotopic (exact) mass is 323 g/mol. The van der Waals surface area contributed by atoms with E-state index in [1.165, 1.54) is 6.08 Å². The molecule has 0 saturated heterocycles. The van der Waals surface area contributed by atoms with E-state index in [4.69, 9.17) is 0 Å². The summed E-state index contributed by atoms with van der Waals surface area (Å²) in [5.74, 6) is -2.61. The van der Waals surface area contributed by atoms with Crippen LogP contribution in [0.15, 0.2) is 66.4 Å². The molecule has 0 unspecified atom stereocenters. The van der Waals surface area contributed by atoms with Crippen LogP contribution in [0.1, 0.15) is 15.9 Å². The van der Waals surface area contributed by atoms with Gasteiger partial charge in [-0.05, 0) is 23.8 Å². The second kappa shape index (κ2) is 8.28. The van der Waals surface area contributed by atoms with E-state index in [0.29, 0.717) is 11.1 Å². The predicted molar refractivity (Wildman–Crippen MR) is 86.3 cm³/mol. The van der Waals surface area contributed by atoms with Crippen molar-refractivity contribution in [2.24, 2.45) is 0 Å². The van der Waals surface area contributed by atoms with Crippen molar-refractivity contribution in [3.63, 3.8) is 0 Å². The van der Waals surface area contributed by atoms with Crippen LogP contribution in [0.3, 0.4) is 0 Å². The molecule has 122 valence electrons. The summed E-state index contributed by atoms with van der Waals surface area (Å²) < 4.78 is 0. The summed E-state index contributed by atoms with van der Waals surface area (Å²) in [4.78, 5) is 34.9. The highest BCUT2D eigenvalue weighted by atomic mass is 16.4. The molecule has 2 aromatic rings. The molecule has 2 amide bonds. The molecule has 6 nitrogen and oxygen atoms in total. The molecular weight excluding hydrogens is 308 g/mol. The molecule has 0 atom stereocenters. The highest BCUT2D eigenvalue weighted by molar-refractivity contribution is 6.05. The van der Waals surface area contributed by atoms with E-state index in [9.17, 15) is 19.5 Å². The molecule has 24 heavy (non-hydrogen) atoms. The topological polar surface area (TPSA) is 98.3 Å². The maximum Gasteiger partial charge on any atom is 0.268 e. The number of amides is 2. The van der Waals surface area contributed by atoms with Crippen LogP contribution in [0.5, 0.6) is 0 Å². The number of aliphatic carboxylic acids is 1. The van der Waals surface area contributed by atoms with Gasteiger partial charge >= 0.3 is 0 Å². The molecular formula is C18H15N2O4-. The van der Waals surface area contributed by atoms with Gasteiger partial charge in [-0.15, -0.1) is 0 Å². The molecule has 2 N–H and O–H groups in total. The number of carboxylic acid groups (broad SMARTS) is 1. The molecule has 0 heterocycles. The average Bonchev–Trinajstić information content (AvgIpc) is 2.60. The highest BCUT2D eigenvalue weighted by Gasteiger charge is 2.14. The summed E-state index contributed by atoms with van der Waals surface area (Å²) in [5, 5.41) is 15.2. The Morgan fingerprint density at radius 3 is 2.08 bits per heavy atom. The summed E-state index contributed by atoms with van der Waals surface area (Å²) in [6.07, 6.45) is 1.46. The molecule has 0 aliphatic rings. The fraction of sp³-hybridized carbons (Fsp3) is 0.0556. The van der Waals surface area contributed by atoms with Crippen LogP contribution in [0.25, 0.3) is 6.08 Å². The number of carbonyl (C=O) groups is 3. The van der Waals surface area contributed by atoms with E-state index in [2.05, 4.69) is 10.6 Å². The van der Waals surface area contributed by atoms with Crippen LogP contribution < -0.4 is 15.7 Å². The summed E-state index contributed by atoms with van der Waals surface area (Å²) in [6, 6.07) is 17.3. The minimum Gasteiger partial charge on any atom is -0.548 e. The molecule has 2 aromatic carbocycles. The van der Waals surface area contributed by atoms with Gasteiger partial charge in [0.05, 0.1) is 12.5 Å². The van der Waals surface area contributed by atoms with E-state index in [1.54, 1.807) is 54.6 Å². The first-order valence-electron chi connectivity index (χ1n) is 7.17. The molecule has 0 saturated carbocycles. The van der Waals surface area contributed by atoms with Crippen molar-refractivity contribution in [3.8, 4) is 0 Å². The number of carbonyl (C=O) groups excluding carboxylic acids is 3. The van der Waals surface area contributed by atoms with E-state index < -0.39 is 24.3 Å². The third kappa shape index (κ3) is 5.10. The van der Waals surface area contributed by atoms with Gasteiger partial charge in [-0.2, -0.15) is 0 Å². The summed E-state index contributed by atoms with van der Waals surface area (Å²) >= 11 is 0. The quantitative estimate of drug-likeness (QED) is 0.748. The number of hydrogen-bond donors (Lipinski definition) is 2. The van der Waals surface area contributed by atoms with E-state index >= 15 is 0 Å². The Bertz CT molecular complexity index is 755. The van der Waals surface area contributed by atoms with Crippen LogP contribution in [-0.4, -0.2) is 24.3 Å². The van der Waals surface area contributed by atoms with Gasteiger partial charge in [-0.1, -0.05) is 48.5 Å². The number of benzene rings is 2. The first-order valence-corrected chi connectivity index (χ1v) is 7.17. The van der Waals surface area contributed by atoms with Crippen molar-refractivity contribution in [2.45, 2.75) is 0 Å². The number of hydrogen-bond acceptors (Lipinski definition) is 4. The maximum absolute atomic E-state index is 12.2. The Balaban J connectivity index is 2.22. The highest BCUT2D eigenvalue weighted by Crippen LogP contribution is 2.07. The van der Waals surface area contributed by atoms with Crippen molar-refractivity contribution in [3.05, 3.63) is 77.5 Å². The maximum atomic E-state index is 12.2. The van der Waals surface area contributed by atoms with E-state index in [0.717, 1.165) is 0 Å². The van der Waals surface area contributed by atoms with Gasteiger partial charge in [0.1, 0.15) is 5.70 Å². The van der Waals surface area contributed by atoms with E-state index in [1.807, 2.05) is 6.07 Å². The molecule has 0 radical (unpaired) electrons. The van der Waals surface area contributed by atoms with Crippen LogP contribution in [0.4, 0.5) is 0 Å². The zero-order valence-corrected chi connectivity index (χ0v) is 12.7. The van der Waals surface area contributed by atoms with Gasteiger partial charge in [0.15, 0.2) is 0 Å². The van der Waals surface area contributed by atoms with Gasteiger partial charge in [-0.3, -0.25) is 9.59 Å². The van der Waals surface area contributed by atoms with Crippen LogP contribution in [0.2, 0.25) is 0 Å². The van der Waals surface area contributed by atoms with Crippen molar-refractivity contribution in [2.75, 3.05) is 6.54 Å².